The predicted octanol–water partition coefficient (Wildman–Crippen LogP) is 2.25. The molecule has 0 unspecified atom stereocenters. The number of rotatable bonds is 2. The van der Waals surface area contributed by atoms with Gasteiger partial charge in [-0.2, -0.15) is 0 Å². The minimum atomic E-state index is -0.0675. The first kappa shape index (κ1) is 10.3. The van der Waals surface area contributed by atoms with Crippen molar-refractivity contribution in [1.82, 2.24) is 0 Å². The van der Waals surface area contributed by atoms with Crippen LogP contribution >= 0.6 is 0 Å². The van der Waals surface area contributed by atoms with Crippen LogP contribution in [0.15, 0.2) is 60.2 Å². The first-order valence-electron chi connectivity index (χ1n) is 4.89. The van der Waals surface area contributed by atoms with Gasteiger partial charge in [-0.1, -0.05) is 42.5 Å². The highest BCUT2D eigenvalue weighted by Crippen LogP contribution is 2.20. The van der Waals surface area contributed by atoms with Crippen LogP contribution in [0.25, 0.3) is 5.57 Å². The number of ketones is 1. The van der Waals surface area contributed by atoms with Crippen molar-refractivity contribution in [3.05, 3.63) is 65.8 Å². The Morgan fingerprint density at radius 1 is 0.938 bits per heavy atom. The van der Waals surface area contributed by atoms with Crippen LogP contribution in [0.4, 0.5) is 0 Å². The molecule has 1 aliphatic carbocycles. The van der Waals surface area contributed by atoms with Gasteiger partial charge in [0.2, 0.25) is 6.29 Å². The molecule has 1 aliphatic rings. The maximum atomic E-state index is 11.0. The number of hydrogen-bond acceptors (Lipinski definition) is 2. The Morgan fingerprint density at radius 2 is 1.56 bits per heavy atom. The van der Waals surface area contributed by atoms with Crippen LogP contribution in [0.3, 0.4) is 0 Å². The average Bonchev–Trinajstić information content (AvgIpc) is 2.34. The third-order valence-electron chi connectivity index (χ3n) is 2.31. The van der Waals surface area contributed by atoms with Gasteiger partial charge >= 0.3 is 0 Å². The molecule has 1 radical (unpaired) electrons. The van der Waals surface area contributed by atoms with Gasteiger partial charge in [0.25, 0.3) is 0 Å². The predicted molar refractivity (Wildman–Crippen MR) is 62.3 cm³/mol. The van der Waals surface area contributed by atoms with Gasteiger partial charge in [0.1, 0.15) is 0 Å². The van der Waals surface area contributed by atoms with E-state index in [4.69, 9.17) is 0 Å². The largest absolute Gasteiger partial charge is 0.290 e. The Labute approximate surface area is 93.6 Å². The maximum absolute atomic E-state index is 11.0. The Balaban J connectivity index is 2.48. The molecule has 77 valence electrons. The van der Waals surface area contributed by atoms with Gasteiger partial charge < -0.3 is 0 Å². The summed E-state index contributed by atoms with van der Waals surface area (Å²) < 4.78 is 0. The van der Waals surface area contributed by atoms with Crippen molar-refractivity contribution in [3.8, 4) is 0 Å². The highest BCUT2D eigenvalue weighted by atomic mass is 16.1. The second kappa shape index (κ2) is 4.53. The lowest BCUT2D eigenvalue weighted by Gasteiger charge is -2.05. The van der Waals surface area contributed by atoms with E-state index in [0.717, 1.165) is 5.56 Å². The maximum Gasteiger partial charge on any atom is 0.234 e. The summed E-state index contributed by atoms with van der Waals surface area (Å²) in [7, 11) is 0. The molecule has 0 aliphatic heterocycles. The molecule has 2 rings (SSSR count). The van der Waals surface area contributed by atoms with E-state index in [-0.39, 0.29) is 5.78 Å². The van der Waals surface area contributed by atoms with E-state index in [1.807, 2.05) is 36.6 Å². The van der Waals surface area contributed by atoms with Gasteiger partial charge in [0.05, 0.1) is 0 Å². The molecule has 0 spiro atoms. The molecule has 0 heterocycles. The van der Waals surface area contributed by atoms with Crippen LogP contribution in [0.2, 0.25) is 0 Å². The number of allylic oxidation sites excluding steroid dienone is 6. The summed E-state index contributed by atoms with van der Waals surface area (Å²) in [4.78, 5) is 21.9. The Morgan fingerprint density at radius 3 is 2.12 bits per heavy atom. The van der Waals surface area contributed by atoms with E-state index in [9.17, 15) is 9.59 Å². The van der Waals surface area contributed by atoms with Gasteiger partial charge in [-0.3, -0.25) is 9.59 Å². The zero-order valence-electron chi connectivity index (χ0n) is 8.51. The topological polar surface area (TPSA) is 34.1 Å². The van der Waals surface area contributed by atoms with Crippen LogP contribution in [0.5, 0.6) is 0 Å². The quantitative estimate of drug-likeness (QED) is 0.700. The minimum absolute atomic E-state index is 0.0675. The van der Waals surface area contributed by atoms with E-state index >= 15 is 0 Å². The average molecular weight is 209 g/mol. The fourth-order valence-electron chi connectivity index (χ4n) is 1.51. The van der Waals surface area contributed by atoms with Crippen LogP contribution < -0.4 is 0 Å². The Bertz CT molecular complexity index is 487. The van der Waals surface area contributed by atoms with E-state index in [2.05, 4.69) is 0 Å². The van der Waals surface area contributed by atoms with Gasteiger partial charge in [-0.15, -0.1) is 0 Å². The third kappa shape index (κ3) is 2.06. The number of carbonyl (C=O) groups excluding carboxylic acids is 2. The van der Waals surface area contributed by atoms with Crippen LogP contribution in [0, 0.1) is 0 Å². The summed E-state index contributed by atoms with van der Waals surface area (Å²) in [5, 5.41) is 0. The van der Waals surface area contributed by atoms with Crippen molar-refractivity contribution >= 4 is 17.6 Å². The number of benzene rings is 1. The van der Waals surface area contributed by atoms with Gasteiger partial charge in [-0.25, -0.2) is 0 Å². The zero-order chi connectivity index (χ0) is 11.4. The van der Waals surface area contributed by atoms with E-state index in [1.54, 1.807) is 12.2 Å². The molecule has 0 N–H and O–H groups in total. The molecule has 1 aromatic carbocycles. The van der Waals surface area contributed by atoms with Crippen LogP contribution in [-0.4, -0.2) is 12.1 Å². The molecule has 0 atom stereocenters. The SMILES string of the molecule is O=[C]C(=C1C=CC(=O)C=C1)c1ccccc1. The molecule has 1 aromatic rings. The lowest BCUT2D eigenvalue weighted by Crippen LogP contribution is -1.96. The van der Waals surface area contributed by atoms with Crippen LogP contribution in [-0.2, 0) is 9.59 Å². The fourth-order valence-corrected chi connectivity index (χ4v) is 1.51. The number of carbonyl (C=O) groups is 1. The number of hydrogen-bond donors (Lipinski definition) is 0. The standard InChI is InChI=1S/C14H9O2/c15-10-14(11-4-2-1-3-5-11)12-6-8-13(16)9-7-12/h1-9H. The molecule has 2 nitrogen and oxygen atoms in total. The molecule has 0 fully saturated rings. The summed E-state index contributed by atoms with van der Waals surface area (Å²) in [6, 6.07) is 9.27. The highest BCUT2D eigenvalue weighted by Gasteiger charge is 2.08. The lowest BCUT2D eigenvalue weighted by atomic mass is 9.98. The molecule has 0 saturated carbocycles. The van der Waals surface area contributed by atoms with Crippen molar-refractivity contribution in [2.45, 2.75) is 0 Å². The second-order valence-electron chi connectivity index (χ2n) is 3.37. The van der Waals surface area contributed by atoms with E-state index in [1.165, 1.54) is 12.2 Å². The highest BCUT2D eigenvalue weighted by molar-refractivity contribution is 6.12. The molecular formula is C14H9O2. The molecule has 0 aromatic heterocycles. The van der Waals surface area contributed by atoms with Gasteiger partial charge in [0.15, 0.2) is 5.78 Å². The first-order chi connectivity index (χ1) is 7.81. The molecule has 0 amide bonds. The molecule has 16 heavy (non-hydrogen) atoms. The fraction of sp³-hybridized carbons (Fsp3) is 0. The van der Waals surface area contributed by atoms with Crippen molar-refractivity contribution in [3.63, 3.8) is 0 Å². The van der Waals surface area contributed by atoms with E-state index < -0.39 is 0 Å². The normalized spacial score (nSPS) is 14.0. The van der Waals surface area contributed by atoms with Crippen molar-refractivity contribution in [2.24, 2.45) is 0 Å². The first-order valence-corrected chi connectivity index (χ1v) is 4.89. The summed E-state index contributed by atoms with van der Waals surface area (Å²) >= 11 is 0. The summed E-state index contributed by atoms with van der Waals surface area (Å²) in [6.07, 6.45) is 8.07. The van der Waals surface area contributed by atoms with Crippen LogP contribution in [0.1, 0.15) is 5.56 Å². The van der Waals surface area contributed by atoms with Gasteiger partial charge in [-0.05, 0) is 23.3 Å². The lowest BCUT2D eigenvalue weighted by molar-refractivity contribution is -0.110. The van der Waals surface area contributed by atoms with Gasteiger partial charge in [0, 0.05) is 5.57 Å². The zero-order valence-corrected chi connectivity index (χ0v) is 8.51. The Hall–Kier alpha value is -2.22. The molecule has 0 bridgehead atoms. The smallest absolute Gasteiger partial charge is 0.234 e. The summed E-state index contributed by atoms with van der Waals surface area (Å²) in [6.45, 7) is 0. The third-order valence-corrected chi connectivity index (χ3v) is 2.31. The second-order valence-corrected chi connectivity index (χ2v) is 3.37. The summed E-state index contributed by atoms with van der Waals surface area (Å²) in [5.74, 6) is -0.0675. The summed E-state index contributed by atoms with van der Waals surface area (Å²) in [5.41, 5.74) is 1.98. The monoisotopic (exact) mass is 209 g/mol. The minimum Gasteiger partial charge on any atom is -0.290 e. The van der Waals surface area contributed by atoms with Crippen molar-refractivity contribution < 1.29 is 9.59 Å². The molecular weight excluding hydrogens is 200 g/mol. The van der Waals surface area contributed by atoms with Crippen molar-refractivity contribution in [1.29, 1.82) is 0 Å². The van der Waals surface area contributed by atoms with E-state index in [0.29, 0.717) is 11.1 Å². The van der Waals surface area contributed by atoms with Crippen molar-refractivity contribution in [2.75, 3.05) is 0 Å². The molecule has 0 saturated heterocycles. The Kier molecular flexibility index (Phi) is 2.92. The molecule has 2 heteroatoms.